The third kappa shape index (κ3) is 5.20. The number of carbonyl (C=O) groups is 1. The number of aromatic nitrogens is 3. The predicted molar refractivity (Wildman–Crippen MR) is 133 cm³/mol. The van der Waals surface area contributed by atoms with Crippen molar-refractivity contribution < 1.29 is 14.3 Å². The topological polar surface area (TPSA) is 78.3 Å². The molecule has 0 bridgehead atoms. The fourth-order valence-corrected chi connectivity index (χ4v) is 4.76. The Morgan fingerprint density at radius 1 is 1.12 bits per heavy atom. The molecule has 0 spiro atoms. The van der Waals surface area contributed by atoms with Crippen LogP contribution in [0.5, 0.6) is 11.5 Å². The Morgan fingerprint density at radius 2 is 1.91 bits per heavy atom. The highest BCUT2D eigenvalue weighted by molar-refractivity contribution is 8.00. The number of amides is 1. The molecule has 0 aliphatic carbocycles. The predicted octanol–water partition coefficient (Wildman–Crippen LogP) is 5.52. The Bertz CT molecular complexity index is 1210. The monoisotopic (exact) mass is 480 g/mol. The van der Waals surface area contributed by atoms with E-state index >= 15 is 0 Å². The van der Waals surface area contributed by atoms with Crippen LogP contribution in [0.1, 0.15) is 13.8 Å². The minimum atomic E-state index is -0.412. The number of nitrogens with one attached hydrogen (secondary N) is 1. The quantitative estimate of drug-likeness (QED) is 0.318. The van der Waals surface area contributed by atoms with Crippen LogP contribution in [0.15, 0.2) is 71.2 Å². The van der Waals surface area contributed by atoms with Crippen LogP contribution >= 0.6 is 23.1 Å². The van der Waals surface area contributed by atoms with Crippen molar-refractivity contribution in [2.24, 2.45) is 0 Å². The number of nitrogens with zero attached hydrogens (tertiary/aromatic N) is 3. The van der Waals surface area contributed by atoms with Crippen LogP contribution in [0.3, 0.4) is 0 Å². The number of thiophene rings is 1. The van der Waals surface area contributed by atoms with Gasteiger partial charge in [-0.15, -0.1) is 21.5 Å². The van der Waals surface area contributed by atoms with Crippen molar-refractivity contribution >= 4 is 34.7 Å². The second-order valence-corrected chi connectivity index (χ2v) is 9.25. The normalized spacial score (nSPS) is 11.7. The maximum Gasteiger partial charge on any atom is 0.237 e. The molecule has 2 aromatic heterocycles. The van der Waals surface area contributed by atoms with E-state index in [1.54, 1.807) is 18.4 Å². The van der Waals surface area contributed by atoms with Gasteiger partial charge < -0.3 is 14.8 Å². The fraction of sp³-hybridized carbons (Fsp3) is 0.208. The zero-order valence-corrected chi connectivity index (χ0v) is 20.2. The molecule has 1 N–H and O–H groups in total. The molecule has 170 valence electrons. The first-order valence-electron chi connectivity index (χ1n) is 10.4. The lowest BCUT2D eigenvalue weighted by Crippen LogP contribution is -2.22. The Kier molecular flexibility index (Phi) is 7.31. The standard InChI is InChI=1S/C24H24N4O3S2/c1-4-31-18-13-11-17(12-14-18)25-23(29)16(2)33-24-27-26-22(21-10-7-15-32-21)28(24)19-8-5-6-9-20(19)30-3/h5-16H,4H2,1-3H3,(H,25,29). The van der Waals surface area contributed by atoms with Gasteiger partial charge in [-0.2, -0.15) is 0 Å². The molecule has 0 fully saturated rings. The van der Waals surface area contributed by atoms with E-state index < -0.39 is 5.25 Å². The van der Waals surface area contributed by atoms with Crippen molar-refractivity contribution in [3.05, 3.63) is 66.0 Å². The van der Waals surface area contributed by atoms with Gasteiger partial charge in [0.05, 0.1) is 29.5 Å². The van der Waals surface area contributed by atoms with E-state index in [0.29, 0.717) is 29.0 Å². The van der Waals surface area contributed by atoms with Gasteiger partial charge in [-0.3, -0.25) is 9.36 Å². The summed E-state index contributed by atoms with van der Waals surface area (Å²) in [6.07, 6.45) is 0. The number of methoxy groups -OCH3 is 1. The lowest BCUT2D eigenvalue weighted by atomic mass is 10.3. The van der Waals surface area contributed by atoms with Crippen LogP contribution in [0.25, 0.3) is 16.4 Å². The maximum absolute atomic E-state index is 12.9. The molecule has 33 heavy (non-hydrogen) atoms. The smallest absolute Gasteiger partial charge is 0.237 e. The van der Waals surface area contributed by atoms with E-state index in [-0.39, 0.29) is 5.91 Å². The number of thioether (sulfide) groups is 1. The highest BCUT2D eigenvalue weighted by Gasteiger charge is 2.23. The number of hydrogen-bond donors (Lipinski definition) is 1. The van der Waals surface area contributed by atoms with Crippen LogP contribution in [0.4, 0.5) is 5.69 Å². The summed E-state index contributed by atoms with van der Waals surface area (Å²) in [4.78, 5) is 13.9. The molecule has 0 saturated heterocycles. The number of benzene rings is 2. The van der Waals surface area contributed by atoms with Crippen molar-refractivity contribution in [3.63, 3.8) is 0 Å². The van der Waals surface area contributed by atoms with E-state index in [9.17, 15) is 4.79 Å². The second-order valence-electron chi connectivity index (χ2n) is 7.00. The van der Waals surface area contributed by atoms with Crippen LogP contribution in [0, 0.1) is 0 Å². The molecule has 7 nitrogen and oxygen atoms in total. The minimum Gasteiger partial charge on any atom is -0.495 e. The second kappa shape index (κ2) is 10.5. The zero-order valence-electron chi connectivity index (χ0n) is 18.5. The minimum absolute atomic E-state index is 0.128. The summed E-state index contributed by atoms with van der Waals surface area (Å²) in [5, 5.41) is 14.0. The molecular weight excluding hydrogens is 456 g/mol. The van der Waals surface area contributed by atoms with Crippen molar-refractivity contribution in [2.45, 2.75) is 24.3 Å². The summed E-state index contributed by atoms with van der Waals surface area (Å²) in [5.41, 5.74) is 1.52. The lowest BCUT2D eigenvalue weighted by molar-refractivity contribution is -0.115. The summed E-state index contributed by atoms with van der Waals surface area (Å²) in [6.45, 7) is 4.38. The molecule has 0 aliphatic heterocycles. The third-order valence-corrected chi connectivity index (χ3v) is 6.69. The van der Waals surface area contributed by atoms with Crippen LogP contribution in [-0.2, 0) is 4.79 Å². The molecule has 0 saturated carbocycles. The van der Waals surface area contributed by atoms with Gasteiger partial charge >= 0.3 is 0 Å². The van der Waals surface area contributed by atoms with Crippen molar-refractivity contribution in [1.82, 2.24) is 14.8 Å². The average Bonchev–Trinajstić information content (AvgIpc) is 3.50. The molecule has 0 aliphatic rings. The molecule has 9 heteroatoms. The Hall–Kier alpha value is -3.30. The summed E-state index contributed by atoms with van der Waals surface area (Å²) < 4.78 is 13.0. The van der Waals surface area contributed by atoms with E-state index in [1.165, 1.54) is 11.8 Å². The number of hydrogen-bond acceptors (Lipinski definition) is 7. The molecule has 4 aromatic rings. The fourth-order valence-electron chi connectivity index (χ4n) is 3.20. The molecular formula is C24H24N4O3S2. The third-order valence-electron chi connectivity index (χ3n) is 4.79. The number of carbonyl (C=O) groups excluding carboxylic acids is 1. The Balaban J connectivity index is 1.59. The van der Waals surface area contributed by atoms with Gasteiger partial charge in [-0.25, -0.2) is 0 Å². The van der Waals surface area contributed by atoms with E-state index in [4.69, 9.17) is 9.47 Å². The van der Waals surface area contributed by atoms with Gasteiger partial charge in [0.1, 0.15) is 11.5 Å². The number of rotatable bonds is 9. The van der Waals surface area contributed by atoms with Gasteiger partial charge in [0.25, 0.3) is 0 Å². The van der Waals surface area contributed by atoms with Crippen molar-refractivity contribution in [2.75, 3.05) is 19.0 Å². The van der Waals surface area contributed by atoms with Crippen molar-refractivity contribution in [1.29, 1.82) is 0 Å². The molecule has 0 radical (unpaired) electrons. The van der Waals surface area contributed by atoms with Gasteiger partial charge in [0.2, 0.25) is 5.91 Å². The Morgan fingerprint density at radius 3 is 2.61 bits per heavy atom. The molecule has 2 aromatic carbocycles. The summed E-state index contributed by atoms with van der Waals surface area (Å²) in [7, 11) is 1.63. The SMILES string of the molecule is CCOc1ccc(NC(=O)C(C)Sc2nnc(-c3cccs3)n2-c2ccccc2OC)cc1. The van der Waals surface area contributed by atoms with Gasteiger partial charge in [-0.1, -0.05) is 30.0 Å². The number of para-hydroxylation sites is 2. The van der Waals surface area contributed by atoms with E-state index in [2.05, 4.69) is 15.5 Å². The van der Waals surface area contributed by atoms with Gasteiger partial charge in [0.15, 0.2) is 11.0 Å². The molecule has 1 atom stereocenters. The molecule has 1 amide bonds. The van der Waals surface area contributed by atoms with Gasteiger partial charge in [0, 0.05) is 5.69 Å². The highest BCUT2D eigenvalue weighted by Crippen LogP contribution is 2.35. The molecule has 2 heterocycles. The van der Waals surface area contributed by atoms with Gasteiger partial charge in [-0.05, 0) is 61.7 Å². The lowest BCUT2D eigenvalue weighted by Gasteiger charge is -2.15. The summed E-state index contributed by atoms with van der Waals surface area (Å²) in [5.74, 6) is 2.04. The average molecular weight is 481 g/mol. The maximum atomic E-state index is 12.9. The zero-order chi connectivity index (χ0) is 23.2. The summed E-state index contributed by atoms with van der Waals surface area (Å²) >= 11 is 2.92. The number of ether oxygens (including phenoxy) is 2. The first-order valence-corrected chi connectivity index (χ1v) is 12.2. The van der Waals surface area contributed by atoms with Crippen molar-refractivity contribution in [3.8, 4) is 27.9 Å². The van der Waals surface area contributed by atoms with E-state index in [0.717, 1.165) is 16.3 Å². The summed E-state index contributed by atoms with van der Waals surface area (Å²) in [6, 6.07) is 19.0. The first-order chi connectivity index (χ1) is 16.1. The Labute approximate surface area is 200 Å². The van der Waals surface area contributed by atoms with Crippen LogP contribution in [0.2, 0.25) is 0 Å². The molecule has 1 unspecified atom stereocenters. The van der Waals surface area contributed by atoms with E-state index in [1.807, 2.05) is 84.5 Å². The first kappa shape index (κ1) is 22.9. The largest absolute Gasteiger partial charge is 0.495 e. The molecule has 4 rings (SSSR count). The van der Waals surface area contributed by atoms with Crippen LogP contribution < -0.4 is 14.8 Å². The highest BCUT2D eigenvalue weighted by atomic mass is 32.2. The number of anilines is 1. The van der Waals surface area contributed by atoms with Crippen LogP contribution in [-0.4, -0.2) is 39.6 Å².